The number of anilines is 1. The fourth-order valence-electron chi connectivity index (χ4n) is 1.76. The average molecular weight is 192 g/mol. The van der Waals surface area contributed by atoms with Gasteiger partial charge in [-0.25, -0.2) is 0 Å². The van der Waals surface area contributed by atoms with Crippen molar-refractivity contribution in [2.24, 2.45) is 5.73 Å². The van der Waals surface area contributed by atoms with Crippen LogP contribution in [0, 0.1) is 6.92 Å². The molecule has 1 aliphatic heterocycles. The van der Waals surface area contributed by atoms with Gasteiger partial charge in [0.25, 0.3) is 0 Å². The van der Waals surface area contributed by atoms with E-state index in [1.807, 2.05) is 12.1 Å². The van der Waals surface area contributed by atoms with Crippen molar-refractivity contribution < 1.29 is 4.74 Å². The summed E-state index contributed by atoms with van der Waals surface area (Å²) in [6.07, 6.45) is 0.0734. The van der Waals surface area contributed by atoms with Gasteiger partial charge in [0.1, 0.15) is 11.9 Å². The fraction of sp³-hybridized carbons (Fsp3) is 0.455. The monoisotopic (exact) mass is 192 g/mol. The second-order valence-electron chi connectivity index (χ2n) is 3.77. The zero-order chi connectivity index (χ0) is 10.1. The van der Waals surface area contributed by atoms with Crippen LogP contribution in [0.2, 0.25) is 0 Å². The number of hydrogen-bond donors (Lipinski definition) is 2. The van der Waals surface area contributed by atoms with E-state index >= 15 is 0 Å². The Morgan fingerprint density at radius 2 is 2.29 bits per heavy atom. The molecule has 3 heteroatoms. The molecule has 3 N–H and O–H groups in total. The van der Waals surface area contributed by atoms with Crippen LogP contribution in [0.3, 0.4) is 0 Å². The Morgan fingerprint density at radius 3 is 3.00 bits per heavy atom. The number of rotatable bonds is 1. The molecule has 0 spiro atoms. The third kappa shape index (κ3) is 1.44. The maximum absolute atomic E-state index is 5.79. The number of fused-ring (bicyclic) bond motifs is 1. The van der Waals surface area contributed by atoms with Crippen LogP contribution >= 0.6 is 0 Å². The van der Waals surface area contributed by atoms with Gasteiger partial charge in [-0.15, -0.1) is 0 Å². The van der Waals surface area contributed by atoms with Crippen LogP contribution in [0.1, 0.15) is 12.5 Å². The highest BCUT2D eigenvalue weighted by molar-refractivity contribution is 5.63. The van der Waals surface area contributed by atoms with Crippen LogP contribution in [0.4, 0.5) is 5.69 Å². The smallest absolute Gasteiger partial charge is 0.143 e. The molecule has 1 aliphatic rings. The van der Waals surface area contributed by atoms with Crippen LogP contribution < -0.4 is 15.8 Å². The lowest BCUT2D eigenvalue weighted by atomic mass is 10.1. The van der Waals surface area contributed by atoms with Crippen LogP contribution in [-0.4, -0.2) is 18.7 Å². The van der Waals surface area contributed by atoms with Gasteiger partial charge >= 0.3 is 0 Å². The molecule has 2 unspecified atom stereocenters. The van der Waals surface area contributed by atoms with Crippen LogP contribution in [0.25, 0.3) is 0 Å². The molecule has 0 saturated carbocycles. The molecule has 76 valence electrons. The molecular weight excluding hydrogens is 176 g/mol. The summed E-state index contributed by atoms with van der Waals surface area (Å²) in [7, 11) is 0. The summed E-state index contributed by atoms with van der Waals surface area (Å²) in [5, 5.41) is 3.42. The molecule has 2 rings (SSSR count). The van der Waals surface area contributed by atoms with Gasteiger partial charge in [0, 0.05) is 6.54 Å². The lowest BCUT2D eigenvalue weighted by Crippen LogP contribution is -2.44. The molecule has 0 bridgehead atoms. The molecular formula is C11H16N2O. The molecule has 1 heterocycles. The van der Waals surface area contributed by atoms with Crippen molar-refractivity contribution in [2.75, 3.05) is 11.9 Å². The first-order valence-electron chi connectivity index (χ1n) is 4.95. The molecule has 1 aromatic carbocycles. The van der Waals surface area contributed by atoms with Crippen LogP contribution in [0.15, 0.2) is 18.2 Å². The van der Waals surface area contributed by atoms with E-state index < -0.39 is 0 Å². The second-order valence-corrected chi connectivity index (χ2v) is 3.77. The number of para-hydroxylation sites is 1. The Morgan fingerprint density at radius 1 is 1.50 bits per heavy atom. The first-order valence-corrected chi connectivity index (χ1v) is 4.95. The van der Waals surface area contributed by atoms with Gasteiger partial charge in [0.2, 0.25) is 0 Å². The predicted molar refractivity (Wildman–Crippen MR) is 57.7 cm³/mol. The summed E-state index contributed by atoms with van der Waals surface area (Å²) in [5.41, 5.74) is 7.94. The van der Waals surface area contributed by atoms with E-state index in [-0.39, 0.29) is 12.1 Å². The highest BCUT2D eigenvalue weighted by Gasteiger charge is 2.25. The lowest BCUT2D eigenvalue weighted by molar-refractivity contribution is 0.182. The number of nitrogens with two attached hydrogens (primary N) is 1. The van der Waals surface area contributed by atoms with Gasteiger partial charge in [-0.2, -0.15) is 0 Å². The maximum Gasteiger partial charge on any atom is 0.143 e. The van der Waals surface area contributed by atoms with Crippen molar-refractivity contribution in [3.8, 4) is 5.75 Å². The Balaban J connectivity index is 2.35. The molecule has 3 nitrogen and oxygen atoms in total. The molecule has 0 amide bonds. The van der Waals surface area contributed by atoms with E-state index in [2.05, 4.69) is 25.2 Å². The van der Waals surface area contributed by atoms with Crippen LogP contribution in [-0.2, 0) is 0 Å². The van der Waals surface area contributed by atoms with Crippen molar-refractivity contribution in [1.82, 2.24) is 0 Å². The Kier molecular flexibility index (Phi) is 2.33. The first-order chi connectivity index (χ1) is 6.72. The number of aryl methyl sites for hydroxylation is 1. The summed E-state index contributed by atoms with van der Waals surface area (Å²) >= 11 is 0. The van der Waals surface area contributed by atoms with Gasteiger partial charge in [-0.05, 0) is 25.5 Å². The molecule has 0 saturated heterocycles. The number of benzene rings is 1. The van der Waals surface area contributed by atoms with Crippen molar-refractivity contribution in [3.05, 3.63) is 23.8 Å². The minimum absolute atomic E-state index is 0.0734. The lowest BCUT2D eigenvalue weighted by Gasteiger charge is -2.33. The Bertz CT molecular complexity index is 338. The summed E-state index contributed by atoms with van der Waals surface area (Å²) in [5.74, 6) is 0.915. The van der Waals surface area contributed by atoms with Gasteiger partial charge in [0.05, 0.1) is 11.7 Å². The van der Waals surface area contributed by atoms with E-state index in [1.165, 1.54) is 5.56 Å². The van der Waals surface area contributed by atoms with E-state index in [4.69, 9.17) is 10.5 Å². The highest BCUT2D eigenvalue weighted by Crippen LogP contribution is 2.33. The molecule has 2 atom stereocenters. The molecule has 0 fully saturated rings. The fourth-order valence-corrected chi connectivity index (χ4v) is 1.76. The molecule has 1 aromatic rings. The van der Waals surface area contributed by atoms with Gasteiger partial charge in [-0.3, -0.25) is 0 Å². The summed E-state index contributed by atoms with van der Waals surface area (Å²) in [6, 6.07) is 6.32. The minimum Gasteiger partial charge on any atom is -0.485 e. The zero-order valence-corrected chi connectivity index (χ0v) is 8.58. The molecule has 0 aromatic heterocycles. The highest BCUT2D eigenvalue weighted by atomic mass is 16.5. The molecule has 0 aliphatic carbocycles. The number of ether oxygens (including phenoxy) is 1. The van der Waals surface area contributed by atoms with Gasteiger partial charge < -0.3 is 15.8 Å². The largest absolute Gasteiger partial charge is 0.485 e. The standard InChI is InChI=1S/C11H16N2O/c1-7-4-3-5-9-11(7)13-8(2)10(6-12)14-9/h3-5,8,10,13H,6,12H2,1-2H3. The third-order valence-corrected chi connectivity index (χ3v) is 2.67. The normalized spacial score (nSPS) is 24.8. The topological polar surface area (TPSA) is 47.3 Å². The van der Waals surface area contributed by atoms with Crippen molar-refractivity contribution in [1.29, 1.82) is 0 Å². The zero-order valence-electron chi connectivity index (χ0n) is 8.58. The first kappa shape index (κ1) is 9.34. The van der Waals surface area contributed by atoms with Crippen LogP contribution in [0.5, 0.6) is 5.75 Å². The SMILES string of the molecule is Cc1cccc2c1NC(C)C(CN)O2. The van der Waals surface area contributed by atoms with E-state index in [0.29, 0.717) is 6.54 Å². The van der Waals surface area contributed by atoms with Gasteiger partial charge in [-0.1, -0.05) is 12.1 Å². The average Bonchev–Trinajstić information content (AvgIpc) is 2.19. The Labute approximate surface area is 84.3 Å². The Hall–Kier alpha value is -1.22. The third-order valence-electron chi connectivity index (χ3n) is 2.67. The predicted octanol–water partition coefficient (Wildman–Crippen LogP) is 1.52. The quantitative estimate of drug-likeness (QED) is 0.709. The second kappa shape index (κ2) is 3.50. The summed E-state index contributed by atoms with van der Waals surface area (Å²) < 4.78 is 5.79. The minimum atomic E-state index is 0.0734. The van der Waals surface area contributed by atoms with Crippen molar-refractivity contribution >= 4 is 5.69 Å². The van der Waals surface area contributed by atoms with E-state index in [9.17, 15) is 0 Å². The summed E-state index contributed by atoms with van der Waals surface area (Å²) in [6.45, 7) is 4.71. The molecule has 14 heavy (non-hydrogen) atoms. The maximum atomic E-state index is 5.79. The molecule has 0 radical (unpaired) electrons. The van der Waals surface area contributed by atoms with Crippen molar-refractivity contribution in [2.45, 2.75) is 26.0 Å². The summed E-state index contributed by atoms with van der Waals surface area (Å²) in [4.78, 5) is 0. The van der Waals surface area contributed by atoms with E-state index in [1.54, 1.807) is 0 Å². The number of nitrogens with one attached hydrogen (secondary N) is 1. The number of hydrogen-bond acceptors (Lipinski definition) is 3. The van der Waals surface area contributed by atoms with Crippen molar-refractivity contribution in [3.63, 3.8) is 0 Å². The van der Waals surface area contributed by atoms with Gasteiger partial charge in [0.15, 0.2) is 0 Å². The van der Waals surface area contributed by atoms with E-state index in [0.717, 1.165) is 11.4 Å².